The van der Waals surface area contributed by atoms with Gasteiger partial charge in [-0.2, -0.15) is 0 Å². The Hall–Kier alpha value is -2.28. The minimum atomic E-state index is 0.973. The summed E-state index contributed by atoms with van der Waals surface area (Å²) in [7, 11) is 0. The SMILES string of the molecule is C(=C\c1c[nH]c2ccccc12)/Cc1ccccc1. The van der Waals surface area contributed by atoms with Crippen LogP contribution in [0.3, 0.4) is 0 Å². The van der Waals surface area contributed by atoms with Gasteiger partial charge in [-0.3, -0.25) is 0 Å². The molecule has 1 aromatic heterocycles. The largest absolute Gasteiger partial charge is 0.361 e. The third-order valence-electron chi connectivity index (χ3n) is 3.12. The number of nitrogens with one attached hydrogen (secondary N) is 1. The number of para-hydroxylation sites is 1. The minimum Gasteiger partial charge on any atom is -0.361 e. The molecule has 18 heavy (non-hydrogen) atoms. The summed E-state index contributed by atoms with van der Waals surface area (Å²) in [5, 5.41) is 1.28. The van der Waals surface area contributed by atoms with Gasteiger partial charge >= 0.3 is 0 Å². The van der Waals surface area contributed by atoms with Gasteiger partial charge in [-0.15, -0.1) is 0 Å². The summed E-state index contributed by atoms with van der Waals surface area (Å²) in [6, 6.07) is 18.9. The second kappa shape index (κ2) is 4.92. The van der Waals surface area contributed by atoms with E-state index in [2.05, 4.69) is 71.9 Å². The highest BCUT2D eigenvalue weighted by atomic mass is 14.7. The van der Waals surface area contributed by atoms with Gasteiger partial charge in [0.25, 0.3) is 0 Å². The van der Waals surface area contributed by atoms with E-state index in [9.17, 15) is 0 Å². The Morgan fingerprint density at radius 1 is 0.889 bits per heavy atom. The first-order valence-corrected chi connectivity index (χ1v) is 6.20. The van der Waals surface area contributed by atoms with Crippen molar-refractivity contribution >= 4 is 17.0 Å². The lowest BCUT2D eigenvalue weighted by atomic mass is 10.1. The molecule has 0 aliphatic rings. The molecule has 88 valence electrons. The third-order valence-corrected chi connectivity index (χ3v) is 3.12. The number of allylic oxidation sites excluding steroid dienone is 1. The number of benzene rings is 2. The van der Waals surface area contributed by atoms with Crippen LogP contribution in [-0.4, -0.2) is 4.98 Å². The van der Waals surface area contributed by atoms with Crippen molar-refractivity contribution in [2.24, 2.45) is 0 Å². The number of fused-ring (bicyclic) bond motifs is 1. The van der Waals surface area contributed by atoms with Crippen molar-refractivity contribution < 1.29 is 0 Å². The molecule has 2 aromatic carbocycles. The van der Waals surface area contributed by atoms with Gasteiger partial charge in [-0.25, -0.2) is 0 Å². The molecule has 0 aliphatic carbocycles. The van der Waals surface area contributed by atoms with Gasteiger partial charge in [0, 0.05) is 17.1 Å². The minimum absolute atomic E-state index is 0.973. The van der Waals surface area contributed by atoms with E-state index >= 15 is 0 Å². The second-order valence-electron chi connectivity index (χ2n) is 4.38. The number of aromatic amines is 1. The zero-order valence-electron chi connectivity index (χ0n) is 10.1. The van der Waals surface area contributed by atoms with Gasteiger partial charge < -0.3 is 4.98 Å². The van der Waals surface area contributed by atoms with E-state index in [-0.39, 0.29) is 0 Å². The van der Waals surface area contributed by atoms with Crippen LogP contribution in [0.1, 0.15) is 11.1 Å². The Kier molecular flexibility index (Phi) is 2.97. The standard InChI is InChI=1S/C17H15N/c1-2-7-14(8-3-1)9-6-10-15-13-18-17-12-5-4-11-16(15)17/h1-8,10-13,18H,9H2/b10-6+. The summed E-state index contributed by atoms with van der Waals surface area (Å²) >= 11 is 0. The molecule has 1 N–H and O–H groups in total. The third kappa shape index (κ3) is 2.21. The molecular weight excluding hydrogens is 218 g/mol. The molecule has 1 nitrogen and oxygen atoms in total. The van der Waals surface area contributed by atoms with E-state index in [4.69, 9.17) is 0 Å². The molecule has 0 spiro atoms. The van der Waals surface area contributed by atoms with Crippen LogP contribution in [0.2, 0.25) is 0 Å². The highest BCUT2D eigenvalue weighted by Gasteiger charge is 1.98. The van der Waals surface area contributed by atoms with Crippen LogP contribution in [-0.2, 0) is 6.42 Å². The summed E-state index contributed by atoms with van der Waals surface area (Å²) in [5.74, 6) is 0. The highest BCUT2D eigenvalue weighted by molar-refractivity contribution is 5.88. The molecule has 0 bridgehead atoms. The Balaban J connectivity index is 1.80. The molecular formula is C17H15N. The predicted octanol–water partition coefficient (Wildman–Crippen LogP) is 4.42. The van der Waals surface area contributed by atoms with Crippen LogP contribution in [0.4, 0.5) is 0 Å². The highest BCUT2D eigenvalue weighted by Crippen LogP contribution is 2.19. The lowest BCUT2D eigenvalue weighted by molar-refractivity contribution is 1.28. The zero-order valence-corrected chi connectivity index (χ0v) is 10.1. The Morgan fingerprint density at radius 3 is 2.56 bits per heavy atom. The lowest BCUT2D eigenvalue weighted by Crippen LogP contribution is -1.78. The molecule has 0 unspecified atom stereocenters. The van der Waals surface area contributed by atoms with Gasteiger partial charge in [0.05, 0.1) is 0 Å². The molecule has 0 aliphatic heterocycles. The molecule has 3 aromatic rings. The van der Waals surface area contributed by atoms with Gasteiger partial charge in [0.1, 0.15) is 0 Å². The topological polar surface area (TPSA) is 15.8 Å². The Labute approximate surface area is 107 Å². The van der Waals surface area contributed by atoms with Crippen molar-refractivity contribution in [3.05, 3.63) is 78.0 Å². The summed E-state index contributed by atoms with van der Waals surface area (Å²) in [6.45, 7) is 0. The van der Waals surface area contributed by atoms with Crippen LogP contribution < -0.4 is 0 Å². The maximum Gasteiger partial charge on any atom is 0.0460 e. The van der Waals surface area contributed by atoms with Crippen molar-refractivity contribution in [1.29, 1.82) is 0 Å². The van der Waals surface area contributed by atoms with Gasteiger partial charge in [0.2, 0.25) is 0 Å². The van der Waals surface area contributed by atoms with E-state index in [1.54, 1.807) is 0 Å². The molecule has 0 radical (unpaired) electrons. The molecule has 0 atom stereocenters. The van der Waals surface area contributed by atoms with Crippen molar-refractivity contribution in [3.63, 3.8) is 0 Å². The predicted molar refractivity (Wildman–Crippen MR) is 77.5 cm³/mol. The fourth-order valence-electron chi connectivity index (χ4n) is 2.17. The average Bonchev–Trinajstić information content (AvgIpc) is 2.84. The Morgan fingerprint density at radius 2 is 1.67 bits per heavy atom. The van der Waals surface area contributed by atoms with E-state index in [1.165, 1.54) is 22.0 Å². The van der Waals surface area contributed by atoms with Crippen LogP contribution in [0.5, 0.6) is 0 Å². The summed E-state index contributed by atoms with van der Waals surface area (Å²) < 4.78 is 0. The number of hydrogen-bond donors (Lipinski definition) is 1. The van der Waals surface area contributed by atoms with Crippen molar-refractivity contribution in [3.8, 4) is 0 Å². The first-order valence-electron chi connectivity index (χ1n) is 6.20. The monoisotopic (exact) mass is 233 g/mol. The van der Waals surface area contributed by atoms with E-state index in [0.717, 1.165) is 6.42 Å². The fraction of sp³-hybridized carbons (Fsp3) is 0.0588. The first kappa shape index (κ1) is 10.8. The summed E-state index contributed by atoms with van der Waals surface area (Å²) in [4.78, 5) is 3.29. The zero-order chi connectivity index (χ0) is 12.2. The number of hydrogen-bond acceptors (Lipinski definition) is 0. The van der Waals surface area contributed by atoms with Gasteiger partial charge in [0.15, 0.2) is 0 Å². The van der Waals surface area contributed by atoms with E-state index in [1.807, 2.05) is 6.07 Å². The van der Waals surface area contributed by atoms with E-state index < -0.39 is 0 Å². The second-order valence-corrected chi connectivity index (χ2v) is 4.38. The normalized spacial score (nSPS) is 11.3. The molecule has 0 saturated carbocycles. The summed E-state index contributed by atoms with van der Waals surface area (Å²) in [6.07, 6.45) is 7.43. The Bertz CT molecular complexity index is 662. The average molecular weight is 233 g/mol. The molecule has 3 rings (SSSR count). The smallest absolute Gasteiger partial charge is 0.0460 e. The maximum atomic E-state index is 3.29. The molecule has 0 amide bonds. The van der Waals surface area contributed by atoms with Crippen molar-refractivity contribution in [2.75, 3.05) is 0 Å². The molecule has 1 heterocycles. The molecule has 0 saturated heterocycles. The molecule has 1 heteroatoms. The quantitative estimate of drug-likeness (QED) is 0.689. The summed E-state index contributed by atoms with van der Waals surface area (Å²) in [5.41, 5.74) is 3.78. The maximum absolute atomic E-state index is 3.29. The van der Waals surface area contributed by atoms with Crippen molar-refractivity contribution in [1.82, 2.24) is 4.98 Å². The number of aromatic nitrogens is 1. The van der Waals surface area contributed by atoms with Crippen LogP contribution in [0, 0.1) is 0 Å². The fourth-order valence-corrected chi connectivity index (χ4v) is 2.17. The van der Waals surface area contributed by atoms with E-state index in [0.29, 0.717) is 0 Å². The molecule has 0 fully saturated rings. The van der Waals surface area contributed by atoms with Crippen LogP contribution in [0.25, 0.3) is 17.0 Å². The van der Waals surface area contributed by atoms with Gasteiger partial charge in [-0.05, 0) is 23.6 Å². The lowest BCUT2D eigenvalue weighted by Gasteiger charge is -1.94. The van der Waals surface area contributed by atoms with Crippen molar-refractivity contribution in [2.45, 2.75) is 6.42 Å². The van der Waals surface area contributed by atoms with Crippen LogP contribution >= 0.6 is 0 Å². The first-order chi connectivity index (χ1) is 8.93. The number of H-pyrrole nitrogens is 1. The van der Waals surface area contributed by atoms with Gasteiger partial charge in [-0.1, -0.05) is 60.7 Å². The number of rotatable bonds is 3. The van der Waals surface area contributed by atoms with Crippen LogP contribution in [0.15, 0.2) is 66.9 Å².